The molecule has 0 radical (unpaired) electrons. The van der Waals surface area contributed by atoms with Crippen molar-refractivity contribution in [3.8, 4) is 0 Å². The normalized spacial score (nSPS) is 14.6. The van der Waals surface area contributed by atoms with E-state index in [-0.39, 0.29) is 23.0 Å². The second kappa shape index (κ2) is 8.08. The molecular formula is C13H18Cl2F3NO. The van der Waals surface area contributed by atoms with E-state index in [0.29, 0.717) is 6.42 Å². The Labute approximate surface area is 127 Å². The van der Waals surface area contributed by atoms with E-state index in [1.165, 1.54) is 6.07 Å². The summed E-state index contributed by atoms with van der Waals surface area (Å²) in [6, 6.07) is 2.64. The third kappa shape index (κ3) is 5.13. The molecule has 1 aromatic rings. The molecule has 0 fully saturated rings. The van der Waals surface area contributed by atoms with Crippen molar-refractivity contribution in [3.05, 3.63) is 34.3 Å². The van der Waals surface area contributed by atoms with Gasteiger partial charge in [0.15, 0.2) is 0 Å². The lowest BCUT2D eigenvalue weighted by atomic mass is 9.97. The SMILES string of the molecule is CCCC[C@@H](O)[C@@H](N)c1ccc(Cl)c(C(F)(F)F)c1.Cl. The van der Waals surface area contributed by atoms with Crippen LogP contribution in [0.2, 0.25) is 5.02 Å². The minimum atomic E-state index is -4.53. The topological polar surface area (TPSA) is 46.2 Å². The van der Waals surface area contributed by atoms with Crippen LogP contribution < -0.4 is 5.73 Å². The number of aliphatic hydroxyl groups is 1. The van der Waals surface area contributed by atoms with Crippen molar-refractivity contribution in [1.29, 1.82) is 0 Å². The number of benzene rings is 1. The average Bonchev–Trinajstić information content (AvgIpc) is 2.34. The zero-order valence-electron chi connectivity index (χ0n) is 11.0. The lowest BCUT2D eigenvalue weighted by molar-refractivity contribution is -0.137. The fourth-order valence-corrected chi connectivity index (χ4v) is 2.01. The molecule has 0 bridgehead atoms. The molecule has 3 N–H and O–H groups in total. The number of hydrogen-bond donors (Lipinski definition) is 2. The molecule has 0 heterocycles. The van der Waals surface area contributed by atoms with Gasteiger partial charge in [-0.1, -0.05) is 37.4 Å². The Bertz CT molecular complexity index is 427. The summed E-state index contributed by atoms with van der Waals surface area (Å²) >= 11 is 5.53. The maximum atomic E-state index is 12.7. The van der Waals surface area contributed by atoms with Crippen LogP contribution in [0, 0.1) is 0 Å². The molecule has 20 heavy (non-hydrogen) atoms. The standard InChI is InChI=1S/C13H17ClF3NO.ClH/c1-2-3-4-11(19)12(18)8-5-6-10(14)9(7-8)13(15,16)17;/h5-7,11-12,19H,2-4,18H2,1H3;1H/t11-,12+;/m1./s1. The van der Waals surface area contributed by atoms with Gasteiger partial charge >= 0.3 is 6.18 Å². The maximum Gasteiger partial charge on any atom is 0.417 e. The number of unbranched alkanes of at least 4 members (excludes halogenated alkanes) is 1. The van der Waals surface area contributed by atoms with Gasteiger partial charge in [0.05, 0.1) is 22.7 Å². The van der Waals surface area contributed by atoms with Crippen LogP contribution in [0.3, 0.4) is 0 Å². The number of rotatable bonds is 5. The lowest BCUT2D eigenvalue weighted by Crippen LogP contribution is -2.26. The summed E-state index contributed by atoms with van der Waals surface area (Å²) in [4.78, 5) is 0. The first kappa shape index (κ1) is 19.5. The van der Waals surface area contributed by atoms with E-state index in [1.807, 2.05) is 6.92 Å². The number of alkyl halides is 3. The zero-order chi connectivity index (χ0) is 14.6. The molecule has 1 rings (SSSR count). The van der Waals surface area contributed by atoms with E-state index in [1.54, 1.807) is 0 Å². The second-order valence-electron chi connectivity index (χ2n) is 4.47. The van der Waals surface area contributed by atoms with E-state index in [2.05, 4.69) is 0 Å². The summed E-state index contributed by atoms with van der Waals surface area (Å²) in [5.41, 5.74) is 5.09. The van der Waals surface area contributed by atoms with E-state index in [9.17, 15) is 18.3 Å². The number of nitrogens with two attached hydrogens (primary N) is 1. The third-order valence-corrected chi connectivity index (χ3v) is 3.28. The quantitative estimate of drug-likeness (QED) is 0.843. The van der Waals surface area contributed by atoms with Gasteiger partial charge in [-0.2, -0.15) is 13.2 Å². The smallest absolute Gasteiger partial charge is 0.391 e. The van der Waals surface area contributed by atoms with Gasteiger partial charge in [0, 0.05) is 0 Å². The van der Waals surface area contributed by atoms with Gasteiger partial charge < -0.3 is 10.8 Å². The lowest BCUT2D eigenvalue weighted by Gasteiger charge is -2.20. The molecule has 0 unspecified atom stereocenters. The van der Waals surface area contributed by atoms with Crippen molar-refractivity contribution in [2.45, 2.75) is 44.5 Å². The van der Waals surface area contributed by atoms with Gasteiger partial charge in [-0.05, 0) is 24.1 Å². The summed E-state index contributed by atoms with van der Waals surface area (Å²) in [6.45, 7) is 1.96. The van der Waals surface area contributed by atoms with Crippen molar-refractivity contribution in [3.63, 3.8) is 0 Å². The van der Waals surface area contributed by atoms with Crippen LogP contribution in [0.15, 0.2) is 18.2 Å². The Kier molecular flexibility index (Phi) is 7.88. The van der Waals surface area contributed by atoms with E-state index in [0.717, 1.165) is 25.0 Å². The van der Waals surface area contributed by atoms with Crippen LogP contribution >= 0.6 is 24.0 Å². The van der Waals surface area contributed by atoms with E-state index >= 15 is 0 Å². The van der Waals surface area contributed by atoms with Crippen LogP contribution in [0.1, 0.15) is 43.4 Å². The van der Waals surface area contributed by atoms with Crippen LogP contribution in [-0.4, -0.2) is 11.2 Å². The summed E-state index contributed by atoms with van der Waals surface area (Å²) in [6.07, 6.45) is -3.27. The minimum Gasteiger partial charge on any atom is -0.391 e. The molecule has 0 saturated carbocycles. The van der Waals surface area contributed by atoms with Gasteiger partial charge in [0.1, 0.15) is 0 Å². The molecule has 116 valence electrons. The predicted molar refractivity (Wildman–Crippen MR) is 76.2 cm³/mol. The summed E-state index contributed by atoms with van der Waals surface area (Å²) in [5.74, 6) is 0. The highest BCUT2D eigenvalue weighted by Crippen LogP contribution is 2.36. The molecule has 0 amide bonds. The van der Waals surface area contributed by atoms with Crippen molar-refractivity contribution in [1.82, 2.24) is 0 Å². The molecule has 0 aliphatic rings. The largest absolute Gasteiger partial charge is 0.417 e. The van der Waals surface area contributed by atoms with E-state index < -0.39 is 23.9 Å². The van der Waals surface area contributed by atoms with Gasteiger partial charge in [0.25, 0.3) is 0 Å². The van der Waals surface area contributed by atoms with Gasteiger partial charge in [-0.25, -0.2) is 0 Å². The van der Waals surface area contributed by atoms with Gasteiger partial charge in [-0.3, -0.25) is 0 Å². The molecule has 0 aromatic heterocycles. The highest BCUT2D eigenvalue weighted by molar-refractivity contribution is 6.31. The minimum absolute atomic E-state index is 0. The van der Waals surface area contributed by atoms with Crippen molar-refractivity contribution < 1.29 is 18.3 Å². The van der Waals surface area contributed by atoms with E-state index in [4.69, 9.17) is 17.3 Å². The molecule has 7 heteroatoms. The highest BCUT2D eigenvalue weighted by atomic mass is 35.5. The maximum absolute atomic E-state index is 12.7. The number of hydrogen-bond acceptors (Lipinski definition) is 2. The summed E-state index contributed by atoms with van der Waals surface area (Å²) < 4.78 is 38.1. The molecule has 1 aromatic carbocycles. The summed E-state index contributed by atoms with van der Waals surface area (Å²) in [5, 5.41) is 9.46. The van der Waals surface area contributed by atoms with Crippen LogP contribution in [0.25, 0.3) is 0 Å². The highest BCUT2D eigenvalue weighted by Gasteiger charge is 2.34. The van der Waals surface area contributed by atoms with Gasteiger partial charge in [-0.15, -0.1) is 12.4 Å². The Morgan fingerprint density at radius 3 is 2.45 bits per heavy atom. The van der Waals surface area contributed by atoms with Crippen LogP contribution in [0.4, 0.5) is 13.2 Å². The summed E-state index contributed by atoms with van der Waals surface area (Å²) in [7, 11) is 0. The molecule has 0 aliphatic heterocycles. The fourth-order valence-electron chi connectivity index (χ4n) is 1.78. The van der Waals surface area contributed by atoms with Crippen LogP contribution in [0.5, 0.6) is 0 Å². The predicted octanol–water partition coefficient (Wildman–Crippen LogP) is 4.33. The van der Waals surface area contributed by atoms with Crippen molar-refractivity contribution in [2.24, 2.45) is 5.73 Å². The molecule has 0 spiro atoms. The molecular weight excluding hydrogens is 314 g/mol. The number of aliphatic hydroxyl groups excluding tert-OH is 1. The first-order chi connectivity index (χ1) is 8.77. The van der Waals surface area contributed by atoms with Crippen molar-refractivity contribution >= 4 is 24.0 Å². The Morgan fingerprint density at radius 2 is 1.95 bits per heavy atom. The molecule has 0 saturated heterocycles. The van der Waals surface area contributed by atoms with Crippen LogP contribution in [-0.2, 0) is 6.18 Å². The monoisotopic (exact) mass is 331 g/mol. The Hall–Kier alpha value is -0.490. The molecule has 2 atom stereocenters. The van der Waals surface area contributed by atoms with Gasteiger partial charge in [0.2, 0.25) is 0 Å². The second-order valence-corrected chi connectivity index (χ2v) is 4.88. The van der Waals surface area contributed by atoms with Crippen molar-refractivity contribution in [2.75, 3.05) is 0 Å². The zero-order valence-corrected chi connectivity index (χ0v) is 12.5. The number of halogens is 5. The fraction of sp³-hybridized carbons (Fsp3) is 0.538. The Balaban J connectivity index is 0.00000361. The third-order valence-electron chi connectivity index (χ3n) is 2.95. The first-order valence-corrected chi connectivity index (χ1v) is 6.45. The first-order valence-electron chi connectivity index (χ1n) is 6.07. The Morgan fingerprint density at radius 1 is 1.35 bits per heavy atom. The average molecular weight is 332 g/mol. The molecule has 2 nitrogen and oxygen atoms in total. The molecule has 0 aliphatic carbocycles.